The monoisotopic (exact) mass is 301 g/mol. The molecule has 2 rings (SSSR count). The van der Waals surface area contributed by atoms with E-state index in [1.54, 1.807) is 0 Å². The maximum absolute atomic E-state index is 11.9. The highest BCUT2D eigenvalue weighted by Gasteiger charge is 2.11. The van der Waals surface area contributed by atoms with E-state index in [0.717, 1.165) is 28.3 Å². The summed E-state index contributed by atoms with van der Waals surface area (Å²) in [5.74, 6) is 0.118. The van der Waals surface area contributed by atoms with E-state index in [9.17, 15) is 9.59 Å². The lowest BCUT2D eigenvalue weighted by Gasteiger charge is -2.03. The molecule has 21 heavy (non-hydrogen) atoms. The number of unbranched alkanes of at least 4 members (excludes halogenated alkanes) is 1. The maximum Gasteiger partial charge on any atom is 0.229 e. The lowest BCUT2D eigenvalue weighted by atomic mass is 10.1. The molecule has 0 unspecified atom stereocenters. The van der Waals surface area contributed by atoms with Crippen LogP contribution in [0.1, 0.15) is 40.7 Å². The number of hydrogen-bond donors (Lipinski definition) is 1. The van der Waals surface area contributed by atoms with Crippen LogP contribution in [-0.2, 0) is 11.2 Å². The number of rotatable bonds is 7. The van der Waals surface area contributed by atoms with Crippen molar-refractivity contribution in [3.8, 4) is 0 Å². The first-order valence-electron chi connectivity index (χ1n) is 7.16. The van der Waals surface area contributed by atoms with E-state index in [-0.39, 0.29) is 11.7 Å². The van der Waals surface area contributed by atoms with Crippen molar-refractivity contribution in [1.29, 1.82) is 0 Å². The Labute approximate surface area is 129 Å². The molecule has 0 spiro atoms. The Kier molecular flexibility index (Phi) is 5.69. The van der Waals surface area contributed by atoms with Crippen molar-refractivity contribution in [1.82, 2.24) is 0 Å². The summed E-state index contributed by atoms with van der Waals surface area (Å²) < 4.78 is 0. The van der Waals surface area contributed by atoms with Crippen molar-refractivity contribution in [3.05, 3.63) is 52.2 Å². The largest absolute Gasteiger partial charge is 0.326 e. The summed E-state index contributed by atoms with van der Waals surface area (Å²) in [6.07, 6.45) is 2.83. The topological polar surface area (TPSA) is 46.2 Å². The third-order valence-corrected chi connectivity index (χ3v) is 4.21. The minimum atomic E-state index is -0.0596. The number of carbonyl (C=O) groups excluding carboxylic acids is 2. The van der Waals surface area contributed by atoms with Crippen molar-refractivity contribution in [2.24, 2.45) is 0 Å². The van der Waals surface area contributed by atoms with Crippen LogP contribution in [0, 0.1) is 0 Å². The molecule has 110 valence electrons. The van der Waals surface area contributed by atoms with Gasteiger partial charge < -0.3 is 5.32 Å². The fourth-order valence-electron chi connectivity index (χ4n) is 1.97. The van der Waals surface area contributed by atoms with Gasteiger partial charge in [0, 0.05) is 17.0 Å². The SMILES string of the molecule is CCCCC(=O)c1ccc(CC(=O)Nc2ccccc2)s1. The number of para-hydroxylation sites is 1. The standard InChI is InChI=1S/C17H19NO2S/c1-2-3-9-15(19)16-11-10-14(21-16)12-17(20)18-13-7-5-4-6-8-13/h4-8,10-11H,2-3,9,12H2,1H3,(H,18,20). The molecule has 1 aromatic heterocycles. The van der Waals surface area contributed by atoms with E-state index in [1.165, 1.54) is 11.3 Å². The smallest absolute Gasteiger partial charge is 0.229 e. The molecular formula is C17H19NO2S. The molecule has 3 nitrogen and oxygen atoms in total. The Morgan fingerprint density at radius 3 is 2.57 bits per heavy atom. The first-order valence-corrected chi connectivity index (χ1v) is 7.97. The molecule has 0 fully saturated rings. The Morgan fingerprint density at radius 2 is 1.86 bits per heavy atom. The van der Waals surface area contributed by atoms with Crippen molar-refractivity contribution >= 4 is 28.7 Å². The molecule has 0 atom stereocenters. The third kappa shape index (κ3) is 4.83. The Balaban J connectivity index is 1.90. The van der Waals surface area contributed by atoms with E-state index >= 15 is 0 Å². The van der Waals surface area contributed by atoms with Gasteiger partial charge in [0.15, 0.2) is 5.78 Å². The Bertz CT molecular complexity index is 604. The third-order valence-electron chi connectivity index (χ3n) is 3.09. The number of amides is 1. The molecule has 1 N–H and O–H groups in total. The van der Waals surface area contributed by atoms with E-state index in [4.69, 9.17) is 0 Å². The van der Waals surface area contributed by atoms with Crippen LogP contribution in [0.2, 0.25) is 0 Å². The zero-order chi connectivity index (χ0) is 15.1. The second kappa shape index (κ2) is 7.74. The van der Waals surface area contributed by atoms with Gasteiger partial charge in [-0.3, -0.25) is 9.59 Å². The number of anilines is 1. The lowest BCUT2D eigenvalue weighted by molar-refractivity contribution is -0.115. The van der Waals surface area contributed by atoms with Gasteiger partial charge in [-0.25, -0.2) is 0 Å². The fraction of sp³-hybridized carbons (Fsp3) is 0.294. The first kappa shape index (κ1) is 15.4. The summed E-state index contributed by atoms with van der Waals surface area (Å²) in [6.45, 7) is 2.07. The second-order valence-corrected chi connectivity index (χ2v) is 6.05. The van der Waals surface area contributed by atoms with Crippen molar-refractivity contribution < 1.29 is 9.59 Å². The molecular weight excluding hydrogens is 282 g/mol. The zero-order valence-corrected chi connectivity index (χ0v) is 12.9. The molecule has 0 radical (unpaired) electrons. The molecule has 1 heterocycles. The van der Waals surface area contributed by atoms with Gasteiger partial charge in [-0.05, 0) is 30.7 Å². The van der Waals surface area contributed by atoms with Crippen molar-refractivity contribution in [2.45, 2.75) is 32.6 Å². The van der Waals surface area contributed by atoms with Gasteiger partial charge in [0.25, 0.3) is 0 Å². The Morgan fingerprint density at radius 1 is 1.10 bits per heavy atom. The van der Waals surface area contributed by atoms with Crippen LogP contribution in [0.5, 0.6) is 0 Å². The van der Waals surface area contributed by atoms with Gasteiger partial charge in [-0.15, -0.1) is 11.3 Å². The van der Waals surface area contributed by atoms with E-state index in [2.05, 4.69) is 12.2 Å². The number of benzene rings is 1. The minimum absolute atomic E-state index is 0.0596. The van der Waals surface area contributed by atoms with Crippen LogP contribution in [0.3, 0.4) is 0 Å². The number of carbonyl (C=O) groups is 2. The molecule has 0 saturated heterocycles. The van der Waals surface area contributed by atoms with Crippen LogP contribution in [-0.4, -0.2) is 11.7 Å². The van der Waals surface area contributed by atoms with E-state index in [1.807, 2.05) is 42.5 Å². The molecule has 4 heteroatoms. The quantitative estimate of drug-likeness (QED) is 0.775. The van der Waals surface area contributed by atoms with E-state index in [0.29, 0.717) is 12.8 Å². The normalized spacial score (nSPS) is 10.3. The van der Waals surface area contributed by atoms with Crippen molar-refractivity contribution in [2.75, 3.05) is 5.32 Å². The van der Waals surface area contributed by atoms with Gasteiger partial charge in [0.05, 0.1) is 11.3 Å². The molecule has 0 aliphatic heterocycles. The van der Waals surface area contributed by atoms with Crippen LogP contribution >= 0.6 is 11.3 Å². The molecule has 2 aromatic rings. The number of hydrogen-bond acceptors (Lipinski definition) is 3. The number of ketones is 1. The van der Waals surface area contributed by atoms with E-state index < -0.39 is 0 Å². The summed E-state index contributed by atoms with van der Waals surface area (Å²) in [5, 5.41) is 2.85. The van der Waals surface area contributed by atoms with Gasteiger partial charge >= 0.3 is 0 Å². The van der Waals surface area contributed by atoms with Crippen LogP contribution in [0.15, 0.2) is 42.5 Å². The molecule has 1 aromatic carbocycles. The summed E-state index contributed by atoms with van der Waals surface area (Å²) in [4.78, 5) is 25.5. The summed E-state index contributed by atoms with van der Waals surface area (Å²) in [7, 11) is 0. The lowest BCUT2D eigenvalue weighted by Crippen LogP contribution is -2.13. The van der Waals surface area contributed by atoms with Gasteiger partial charge in [-0.1, -0.05) is 31.5 Å². The predicted octanol–water partition coefficient (Wildman–Crippen LogP) is 4.30. The molecule has 1 amide bonds. The average molecular weight is 301 g/mol. The van der Waals surface area contributed by atoms with Gasteiger partial charge in [0.2, 0.25) is 5.91 Å². The van der Waals surface area contributed by atoms with Gasteiger partial charge in [0.1, 0.15) is 0 Å². The van der Waals surface area contributed by atoms with Crippen LogP contribution < -0.4 is 5.32 Å². The second-order valence-electron chi connectivity index (χ2n) is 4.88. The fourth-order valence-corrected chi connectivity index (χ4v) is 2.94. The number of Topliss-reactive ketones (excluding diaryl/α,β-unsaturated/α-hetero) is 1. The predicted molar refractivity (Wildman–Crippen MR) is 87.0 cm³/mol. The summed E-state index contributed by atoms with van der Waals surface area (Å²) in [5.41, 5.74) is 0.790. The highest BCUT2D eigenvalue weighted by molar-refractivity contribution is 7.14. The minimum Gasteiger partial charge on any atom is -0.326 e. The van der Waals surface area contributed by atoms with Crippen LogP contribution in [0.4, 0.5) is 5.69 Å². The van der Waals surface area contributed by atoms with Crippen LogP contribution in [0.25, 0.3) is 0 Å². The average Bonchev–Trinajstić information content (AvgIpc) is 2.94. The molecule has 0 aliphatic carbocycles. The number of nitrogens with one attached hydrogen (secondary N) is 1. The Hall–Kier alpha value is -1.94. The highest BCUT2D eigenvalue weighted by Crippen LogP contribution is 2.20. The molecule has 0 aliphatic rings. The summed E-state index contributed by atoms with van der Waals surface area (Å²) in [6, 6.07) is 13.1. The highest BCUT2D eigenvalue weighted by atomic mass is 32.1. The van der Waals surface area contributed by atoms with Gasteiger partial charge in [-0.2, -0.15) is 0 Å². The van der Waals surface area contributed by atoms with Crippen molar-refractivity contribution in [3.63, 3.8) is 0 Å². The maximum atomic E-state index is 11.9. The molecule has 0 bridgehead atoms. The zero-order valence-electron chi connectivity index (χ0n) is 12.1. The number of thiophene rings is 1. The first-order chi connectivity index (χ1) is 10.2. The molecule has 0 saturated carbocycles. The summed E-state index contributed by atoms with van der Waals surface area (Å²) >= 11 is 1.42.